The molecule has 0 spiro atoms. The van der Waals surface area contributed by atoms with Gasteiger partial charge in [-0.3, -0.25) is 4.57 Å². The molecule has 5 nitrogen and oxygen atoms in total. The van der Waals surface area contributed by atoms with Gasteiger partial charge in [0, 0.05) is 20.3 Å². The Hall–Kier alpha value is 0.0700. The highest BCUT2D eigenvalue weighted by atomic mass is 31.1. The second-order valence-electron chi connectivity index (χ2n) is 1.62. The molecule has 6 heteroatoms. The van der Waals surface area contributed by atoms with Crippen LogP contribution in [0.1, 0.15) is 12.8 Å². The Morgan fingerprint density at radius 3 is 1.64 bits per heavy atom. The Balaban J connectivity index is 0. The van der Waals surface area contributed by atoms with Crippen LogP contribution >= 0.6 is 8.25 Å². The molecular weight excluding hydrogens is 171 g/mol. The van der Waals surface area contributed by atoms with Crippen LogP contribution in [0, 0.1) is 0 Å². The molecule has 0 aliphatic rings. The van der Waals surface area contributed by atoms with E-state index in [4.69, 9.17) is 15.1 Å². The van der Waals surface area contributed by atoms with Gasteiger partial charge in [0.2, 0.25) is 0 Å². The van der Waals surface area contributed by atoms with Gasteiger partial charge in [0.25, 0.3) is 0 Å². The average Bonchev–Trinajstić information content (AvgIpc) is 2.02. The summed E-state index contributed by atoms with van der Waals surface area (Å²) < 4.78 is 13.2. The molecule has 1 unspecified atom stereocenters. The van der Waals surface area contributed by atoms with Gasteiger partial charge in [0.05, 0.1) is 0 Å². The van der Waals surface area contributed by atoms with Crippen molar-refractivity contribution in [3.63, 3.8) is 0 Å². The minimum Gasteiger partial charge on any atom is -0.396 e. The van der Waals surface area contributed by atoms with Gasteiger partial charge >= 0.3 is 8.25 Å². The van der Waals surface area contributed by atoms with Crippen molar-refractivity contribution in [2.45, 2.75) is 12.8 Å². The van der Waals surface area contributed by atoms with Gasteiger partial charge in [0.1, 0.15) is 0 Å². The normalized spacial score (nSPS) is 11.6. The molecule has 0 aromatic rings. The van der Waals surface area contributed by atoms with Crippen molar-refractivity contribution in [1.82, 2.24) is 0 Å². The molecule has 0 aromatic carbocycles. The highest BCUT2D eigenvalue weighted by molar-refractivity contribution is 7.32. The molecule has 0 saturated heterocycles. The highest BCUT2D eigenvalue weighted by Crippen LogP contribution is 2.09. The number of aliphatic hydroxyl groups excluding tert-OH is 2. The minimum absolute atomic E-state index is 0.195. The third-order valence-corrected chi connectivity index (χ3v) is 1.09. The van der Waals surface area contributed by atoms with Gasteiger partial charge in [0.15, 0.2) is 0 Å². The van der Waals surface area contributed by atoms with Gasteiger partial charge in [-0.15, -0.1) is 0 Å². The van der Waals surface area contributed by atoms with Crippen LogP contribution in [0.3, 0.4) is 0 Å². The maximum Gasteiger partial charge on any atom is 0.316 e. The Labute approximate surface area is 66.6 Å². The van der Waals surface area contributed by atoms with E-state index in [2.05, 4.69) is 4.52 Å². The lowest BCUT2D eigenvalue weighted by Gasteiger charge is -1.85. The maximum absolute atomic E-state index is 9.33. The fourth-order valence-electron chi connectivity index (χ4n) is 0.224. The summed E-state index contributed by atoms with van der Waals surface area (Å²) in [4.78, 5) is 7.69. The van der Waals surface area contributed by atoms with E-state index >= 15 is 0 Å². The topological polar surface area (TPSA) is 87.0 Å². The van der Waals surface area contributed by atoms with Gasteiger partial charge in [-0.05, 0) is 12.8 Å². The Morgan fingerprint density at radius 1 is 1.27 bits per heavy atom. The quantitative estimate of drug-likeness (QED) is 0.417. The number of rotatable bonds is 4. The van der Waals surface area contributed by atoms with E-state index in [9.17, 15) is 4.57 Å². The Morgan fingerprint density at radius 2 is 1.55 bits per heavy atom. The smallest absolute Gasteiger partial charge is 0.316 e. The maximum atomic E-state index is 9.33. The fourth-order valence-corrected chi connectivity index (χ4v) is 0.224. The van der Waals surface area contributed by atoms with Crippen LogP contribution < -0.4 is 0 Å². The predicted molar refractivity (Wildman–Crippen MR) is 41.6 cm³/mol. The molecule has 70 valence electrons. The summed E-state index contributed by atoms with van der Waals surface area (Å²) in [5.74, 6) is 0. The summed E-state index contributed by atoms with van der Waals surface area (Å²) in [7, 11) is -1.44. The zero-order chi connectivity index (χ0) is 9.11. The summed E-state index contributed by atoms with van der Waals surface area (Å²) in [6, 6.07) is 0. The van der Waals surface area contributed by atoms with E-state index in [0.717, 1.165) is 12.8 Å². The molecule has 0 radical (unpaired) electrons. The minimum atomic E-state index is -2.62. The molecule has 0 amide bonds. The lowest BCUT2D eigenvalue weighted by molar-refractivity contribution is 0.242. The lowest BCUT2D eigenvalue weighted by Crippen LogP contribution is -1.85. The SMILES string of the molecule is CO[PH](=O)O.OCCCCO. The molecule has 0 aromatic heterocycles. The van der Waals surface area contributed by atoms with E-state index in [0.29, 0.717) is 0 Å². The first-order valence-electron chi connectivity index (χ1n) is 3.17. The third-order valence-electron chi connectivity index (χ3n) is 0.741. The van der Waals surface area contributed by atoms with Gasteiger partial charge in [-0.25, -0.2) is 0 Å². The summed E-state index contributed by atoms with van der Waals surface area (Å²) in [6.07, 6.45) is 1.44. The molecule has 0 aliphatic heterocycles. The molecular formula is C5H15O5P. The van der Waals surface area contributed by atoms with E-state index in [-0.39, 0.29) is 13.2 Å². The lowest BCUT2D eigenvalue weighted by atomic mass is 10.3. The summed E-state index contributed by atoms with van der Waals surface area (Å²) in [6.45, 7) is 0.390. The summed E-state index contributed by atoms with van der Waals surface area (Å²) in [5.41, 5.74) is 0. The van der Waals surface area contributed by atoms with Gasteiger partial charge in [-0.2, -0.15) is 0 Å². The highest BCUT2D eigenvalue weighted by Gasteiger charge is 1.77. The van der Waals surface area contributed by atoms with Crippen molar-refractivity contribution in [2.24, 2.45) is 0 Å². The zero-order valence-corrected chi connectivity index (χ0v) is 7.49. The molecule has 0 rings (SSSR count). The standard InChI is InChI=1S/C4H10O2.CH5O3P/c5-3-1-2-4-6;1-4-5(2)3/h5-6H,1-4H2;5H,1H3,(H,2,3). The van der Waals surface area contributed by atoms with Crippen molar-refractivity contribution in [3.05, 3.63) is 0 Å². The van der Waals surface area contributed by atoms with Crippen LogP contribution in [0.4, 0.5) is 0 Å². The molecule has 0 bridgehead atoms. The first kappa shape index (κ1) is 13.6. The van der Waals surface area contributed by atoms with Gasteiger partial charge < -0.3 is 19.6 Å². The first-order valence-corrected chi connectivity index (χ1v) is 4.44. The van der Waals surface area contributed by atoms with Gasteiger partial charge in [-0.1, -0.05) is 0 Å². The van der Waals surface area contributed by atoms with E-state index in [1.807, 2.05) is 0 Å². The van der Waals surface area contributed by atoms with Crippen LogP contribution in [0.15, 0.2) is 0 Å². The van der Waals surface area contributed by atoms with Crippen LogP contribution in [-0.4, -0.2) is 35.4 Å². The van der Waals surface area contributed by atoms with Crippen molar-refractivity contribution >= 4 is 8.25 Å². The van der Waals surface area contributed by atoms with E-state index in [1.54, 1.807) is 0 Å². The molecule has 11 heavy (non-hydrogen) atoms. The second-order valence-corrected chi connectivity index (χ2v) is 2.56. The Bertz CT molecular complexity index is 82.9. The van der Waals surface area contributed by atoms with Crippen LogP contribution in [0.25, 0.3) is 0 Å². The van der Waals surface area contributed by atoms with Crippen molar-refractivity contribution in [3.8, 4) is 0 Å². The summed E-state index contributed by atoms with van der Waals surface area (Å²) >= 11 is 0. The molecule has 0 aliphatic carbocycles. The predicted octanol–water partition coefficient (Wildman–Crippen LogP) is -0.234. The Kier molecular flexibility index (Phi) is 15.8. The largest absolute Gasteiger partial charge is 0.396 e. The number of hydrogen-bond acceptors (Lipinski definition) is 4. The first-order chi connectivity index (χ1) is 5.18. The molecule has 0 saturated carbocycles. The van der Waals surface area contributed by atoms with Crippen molar-refractivity contribution in [1.29, 1.82) is 0 Å². The van der Waals surface area contributed by atoms with Crippen LogP contribution in [0.2, 0.25) is 0 Å². The zero-order valence-electron chi connectivity index (χ0n) is 6.49. The molecule has 3 N–H and O–H groups in total. The third kappa shape index (κ3) is 25.5. The fraction of sp³-hybridized carbons (Fsp3) is 1.00. The summed E-state index contributed by atoms with van der Waals surface area (Å²) in [5, 5.41) is 16.2. The van der Waals surface area contributed by atoms with Crippen molar-refractivity contribution in [2.75, 3.05) is 20.3 Å². The van der Waals surface area contributed by atoms with Crippen LogP contribution in [0.5, 0.6) is 0 Å². The van der Waals surface area contributed by atoms with Crippen LogP contribution in [-0.2, 0) is 9.09 Å². The number of unbranched alkanes of at least 4 members (excludes halogenated alkanes) is 1. The van der Waals surface area contributed by atoms with E-state index in [1.165, 1.54) is 7.11 Å². The number of hydrogen-bond donors (Lipinski definition) is 3. The number of aliphatic hydroxyl groups is 2. The molecule has 0 fully saturated rings. The molecule has 1 atom stereocenters. The molecule has 0 heterocycles. The second kappa shape index (κ2) is 12.7. The monoisotopic (exact) mass is 186 g/mol. The van der Waals surface area contributed by atoms with Crippen molar-refractivity contribution < 1.29 is 24.2 Å². The average molecular weight is 186 g/mol. The van der Waals surface area contributed by atoms with E-state index < -0.39 is 8.25 Å².